The number of carbonyl (C=O) groups excluding carboxylic acids is 1. The summed E-state index contributed by atoms with van der Waals surface area (Å²) in [7, 11) is 0. The molecule has 1 aromatic rings. The Morgan fingerprint density at radius 1 is 1.32 bits per heavy atom. The van der Waals surface area contributed by atoms with Crippen LogP contribution >= 0.6 is 15.9 Å². The summed E-state index contributed by atoms with van der Waals surface area (Å²) in [5.74, 6) is -0.0499. The fourth-order valence-corrected chi connectivity index (χ4v) is 2.77. The number of amides is 1. The molecule has 1 aliphatic rings. The van der Waals surface area contributed by atoms with Crippen LogP contribution in [0.3, 0.4) is 0 Å². The molecule has 1 aliphatic heterocycles. The number of halogens is 1. The van der Waals surface area contributed by atoms with E-state index < -0.39 is 5.97 Å². The Balaban J connectivity index is 2.26. The minimum atomic E-state index is -0.929. The highest BCUT2D eigenvalue weighted by molar-refractivity contribution is 9.10. The van der Waals surface area contributed by atoms with Crippen LogP contribution in [0.4, 0.5) is 0 Å². The zero-order valence-corrected chi connectivity index (χ0v) is 14.1. The minimum Gasteiger partial charge on any atom is -0.486 e. The van der Waals surface area contributed by atoms with Crippen LogP contribution < -0.4 is 9.47 Å². The standard InChI is InChI=1S/C15H18BrNO5/c1-9(2)17(4-3-13(18)19)15(20)10-7-11(16)14-12(8-10)21-5-6-22-14/h7-9H,3-6H2,1-2H3,(H,18,19). The second-order valence-corrected chi connectivity index (χ2v) is 6.07. The Morgan fingerprint density at radius 3 is 2.64 bits per heavy atom. The highest BCUT2D eigenvalue weighted by Crippen LogP contribution is 2.38. The van der Waals surface area contributed by atoms with Crippen molar-refractivity contribution in [2.75, 3.05) is 19.8 Å². The molecule has 1 N–H and O–H groups in total. The largest absolute Gasteiger partial charge is 0.486 e. The molecule has 0 aromatic heterocycles. The van der Waals surface area contributed by atoms with Crippen LogP contribution in [0.15, 0.2) is 16.6 Å². The second-order valence-electron chi connectivity index (χ2n) is 5.22. The molecule has 0 unspecified atom stereocenters. The van der Waals surface area contributed by atoms with Gasteiger partial charge in [-0.15, -0.1) is 0 Å². The van der Waals surface area contributed by atoms with Gasteiger partial charge in [-0.3, -0.25) is 9.59 Å². The summed E-state index contributed by atoms with van der Waals surface area (Å²) >= 11 is 3.38. The first kappa shape index (κ1) is 16.6. The quantitative estimate of drug-likeness (QED) is 0.860. The SMILES string of the molecule is CC(C)N(CCC(=O)O)C(=O)c1cc(Br)c2c(c1)OCCO2. The number of carboxylic acid groups (broad SMARTS) is 1. The van der Waals surface area contributed by atoms with Crippen molar-refractivity contribution < 1.29 is 24.2 Å². The maximum Gasteiger partial charge on any atom is 0.305 e. The molecule has 7 heteroatoms. The summed E-state index contributed by atoms with van der Waals surface area (Å²) in [5.41, 5.74) is 0.440. The van der Waals surface area contributed by atoms with Crippen molar-refractivity contribution in [3.8, 4) is 11.5 Å². The normalized spacial score (nSPS) is 13.1. The van der Waals surface area contributed by atoms with Crippen molar-refractivity contribution in [3.63, 3.8) is 0 Å². The van der Waals surface area contributed by atoms with Crippen molar-refractivity contribution in [2.24, 2.45) is 0 Å². The van der Waals surface area contributed by atoms with E-state index in [1.165, 1.54) is 4.90 Å². The van der Waals surface area contributed by atoms with E-state index in [0.29, 0.717) is 34.7 Å². The molecule has 0 saturated heterocycles. The monoisotopic (exact) mass is 371 g/mol. The molecule has 1 heterocycles. The van der Waals surface area contributed by atoms with Gasteiger partial charge < -0.3 is 19.5 Å². The molecule has 120 valence electrons. The molecule has 0 radical (unpaired) electrons. The van der Waals surface area contributed by atoms with Crippen LogP contribution in [-0.2, 0) is 4.79 Å². The molecule has 0 bridgehead atoms. The fourth-order valence-electron chi connectivity index (χ4n) is 2.21. The molecule has 22 heavy (non-hydrogen) atoms. The molecule has 0 saturated carbocycles. The summed E-state index contributed by atoms with van der Waals surface area (Å²) in [6.45, 7) is 4.77. The maximum absolute atomic E-state index is 12.7. The van der Waals surface area contributed by atoms with Crippen molar-refractivity contribution in [1.29, 1.82) is 0 Å². The second kappa shape index (κ2) is 7.00. The van der Waals surface area contributed by atoms with Gasteiger partial charge in [0.2, 0.25) is 0 Å². The average molecular weight is 372 g/mol. The maximum atomic E-state index is 12.7. The summed E-state index contributed by atoms with van der Waals surface area (Å²) in [6, 6.07) is 3.21. The number of fused-ring (bicyclic) bond motifs is 1. The summed E-state index contributed by atoms with van der Waals surface area (Å²) in [5, 5.41) is 8.82. The van der Waals surface area contributed by atoms with Crippen LogP contribution in [0.5, 0.6) is 11.5 Å². The number of carbonyl (C=O) groups is 2. The van der Waals surface area contributed by atoms with Gasteiger partial charge in [-0.25, -0.2) is 0 Å². The van der Waals surface area contributed by atoms with Crippen LogP contribution in [0.25, 0.3) is 0 Å². The third-order valence-corrected chi connectivity index (χ3v) is 3.88. The first-order valence-electron chi connectivity index (χ1n) is 7.02. The minimum absolute atomic E-state index is 0.0877. The topological polar surface area (TPSA) is 76.1 Å². The fraction of sp³-hybridized carbons (Fsp3) is 0.467. The Labute approximate surface area is 137 Å². The Bertz CT molecular complexity index is 588. The van der Waals surface area contributed by atoms with Gasteiger partial charge in [-0.2, -0.15) is 0 Å². The van der Waals surface area contributed by atoms with Gasteiger partial charge in [0, 0.05) is 18.2 Å². The zero-order valence-electron chi connectivity index (χ0n) is 12.5. The molecule has 0 atom stereocenters. The van der Waals surface area contributed by atoms with Gasteiger partial charge in [-0.05, 0) is 41.9 Å². The predicted molar refractivity (Wildman–Crippen MR) is 83.6 cm³/mol. The molecular weight excluding hydrogens is 354 g/mol. The van der Waals surface area contributed by atoms with Gasteiger partial charge in [0.25, 0.3) is 5.91 Å². The number of nitrogens with zero attached hydrogens (tertiary/aromatic N) is 1. The lowest BCUT2D eigenvalue weighted by molar-refractivity contribution is -0.137. The Morgan fingerprint density at radius 2 is 2.00 bits per heavy atom. The molecule has 2 rings (SSSR count). The van der Waals surface area contributed by atoms with E-state index in [9.17, 15) is 9.59 Å². The lowest BCUT2D eigenvalue weighted by atomic mass is 10.1. The van der Waals surface area contributed by atoms with Crippen LogP contribution in [0.2, 0.25) is 0 Å². The van der Waals surface area contributed by atoms with Crippen molar-refractivity contribution in [3.05, 3.63) is 22.2 Å². The van der Waals surface area contributed by atoms with E-state index in [1.807, 2.05) is 13.8 Å². The van der Waals surface area contributed by atoms with E-state index in [0.717, 1.165) is 0 Å². The number of hydrogen-bond donors (Lipinski definition) is 1. The number of ether oxygens (including phenoxy) is 2. The van der Waals surface area contributed by atoms with E-state index in [1.54, 1.807) is 12.1 Å². The molecule has 1 amide bonds. The third kappa shape index (κ3) is 3.71. The predicted octanol–water partition coefficient (Wildman–Crippen LogP) is 2.55. The average Bonchev–Trinajstić information content (AvgIpc) is 2.46. The number of aliphatic carboxylic acids is 1. The van der Waals surface area contributed by atoms with E-state index in [4.69, 9.17) is 14.6 Å². The first-order chi connectivity index (χ1) is 10.4. The number of hydrogen-bond acceptors (Lipinski definition) is 4. The van der Waals surface area contributed by atoms with Gasteiger partial charge in [0.1, 0.15) is 13.2 Å². The van der Waals surface area contributed by atoms with E-state index >= 15 is 0 Å². The Hall–Kier alpha value is -1.76. The molecule has 6 nitrogen and oxygen atoms in total. The van der Waals surface area contributed by atoms with E-state index in [2.05, 4.69) is 15.9 Å². The van der Waals surface area contributed by atoms with Gasteiger partial charge in [0.15, 0.2) is 11.5 Å². The molecule has 0 aliphatic carbocycles. The van der Waals surface area contributed by atoms with Crippen LogP contribution in [0, 0.1) is 0 Å². The number of carboxylic acids is 1. The highest BCUT2D eigenvalue weighted by atomic mass is 79.9. The molecule has 1 aromatic carbocycles. The van der Waals surface area contributed by atoms with Crippen LogP contribution in [0.1, 0.15) is 30.6 Å². The summed E-state index contributed by atoms with van der Waals surface area (Å²) in [4.78, 5) is 24.9. The van der Waals surface area contributed by atoms with Gasteiger partial charge in [-0.1, -0.05) is 0 Å². The smallest absolute Gasteiger partial charge is 0.305 e. The molecule has 0 spiro atoms. The highest BCUT2D eigenvalue weighted by Gasteiger charge is 2.24. The van der Waals surface area contributed by atoms with Crippen LogP contribution in [-0.4, -0.2) is 47.7 Å². The first-order valence-corrected chi connectivity index (χ1v) is 7.81. The number of rotatable bonds is 5. The van der Waals surface area contributed by atoms with Crippen molar-refractivity contribution >= 4 is 27.8 Å². The van der Waals surface area contributed by atoms with Gasteiger partial charge in [0.05, 0.1) is 10.9 Å². The lowest BCUT2D eigenvalue weighted by Gasteiger charge is -2.27. The van der Waals surface area contributed by atoms with Crippen molar-refractivity contribution in [2.45, 2.75) is 26.3 Å². The molecule has 0 fully saturated rings. The van der Waals surface area contributed by atoms with E-state index in [-0.39, 0.29) is 24.9 Å². The number of benzene rings is 1. The zero-order chi connectivity index (χ0) is 16.3. The molecular formula is C15H18BrNO5. The van der Waals surface area contributed by atoms with Gasteiger partial charge >= 0.3 is 5.97 Å². The lowest BCUT2D eigenvalue weighted by Crippen LogP contribution is -2.38. The Kier molecular flexibility index (Phi) is 5.28. The summed E-state index contributed by atoms with van der Waals surface area (Å²) < 4.78 is 11.7. The van der Waals surface area contributed by atoms with Crippen molar-refractivity contribution in [1.82, 2.24) is 4.90 Å². The summed E-state index contributed by atoms with van der Waals surface area (Å²) in [6.07, 6.45) is -0.0877. The third-order valence-electron chi connectivity index (χ3n) is 3.29.